The zero-order valence-corrected chi connectivity index (χ0v) is 12.2. The zero-order chi connectivity index (χ0) is 14.4. The minimum Gasteiger partial charge on any atom is -0.457 e. The minimum atomic E-state index is 0.424. The number of methoxy groups -OCH3 is 1. The Morgan fingerprint density at radius 2 is 1.75 bits per heavy atom. The second-order valence-electron chi connectivity index (χ2n) is 4.45. The van der Waals surface area contributed by atoms with Crippen LogP contribution in [0.15, 0.2) is 42.5 Å². The van der Waals surface area contributed by atoms with Gasteiger partial charge in [-0.05, 0) is 41.8 Å². The lowest BCUT2D eigenvalue weighted by Gasteiger charge is -2.09. The van der Waals surface area contributed by atoms with E-state index in [-0.39, 0.29) is 0 Å². The molecule has 0 aliphatic heterocycles. The molecular formula is C16H18ClNO2. The molecule has 2 aromatic rings. The number of nitrogens with two attached hydrogens (primary N) is 1. The second kappa shape index (κ2) is 7.29. The fourth-order valence-electron chi connectivity index (χ4n) is 1.84. The van der Waals surface area contributed by atoms with Gasteiger partial charge in [-0.15, -0.1) is 0 Å². The highest BCUT2D eigenvalue weighted by molar-refractivity contribution is 6.31. The van der Waals surface area contributed by atoms with Gasteiger partial charge in [-0.3, -0.25) is 0 Å². The van der Waals surface area contributed by atoms with Crippen LogP contribution >= 0.6 is 11.6 Å². The van der Waals surface area contributed by atoms with Crippen molar-refractivity contribution in [2.75, 3.05) is 13.7 Å². The summed E-state index contributed by atoms with van der Waals surface area (Å²) >= 11 is 6.10. The normalized spacial score (nSPS) is 10.6. The molecule has 106 valence electrons. The van der Waals surface area contributed by atoms with Gasteiger partial charge in [-0.25, -0.2) is 0 Å². The molecule has 0 bridgehead atoms. The standard InChI is InChI=1S/C16H18ClNO2/c1-19-9-8-12-2-5-14(6-3-12)20-15-7-4-13(11-18)16(17)10-15/h2-7,10H,8-9,11,18H2,1H3. The van der Waals surface area contributed by atoms with Crippen molar-refractivity contribution in [1.29, 1.82) is 0 Å². The highest BCUT2D eigenvalue weighted by Crippen LogP contribution is 2.26. The van der Waals surface area contributed by atoms with Gasteiger partial charge in [0.25, 0.3) is 0 Å². The minimum absolute atomic E-state index is 0.424. The van der Waals surface area contributed by atoms with Crippen LogP contribution in [-0.2, 0) is 17.7 Å². The molecule has 0 aromatic heterocycles. The first-order valence-electron chi connectivity index (χ1n) is 6.47. The number of ether oxygens (including phenoxy) is 2. The van der Waals surface area contributed by atoms with Crippen molar-refractivity contribution in [1.82, 2.24) is 0 Å². The van der Waals surface area contributed by atoms with Gasteiger partial charge in [0, 0.05) is 18.7 Å². The molecule has 2 N–H and O–H groups in total. The van der Waals surface area contributed by atoms with Crippen LogP contribution in [0.5, 0.6) is 11.5 Å². The van der Waals surface area contributed by atoms with Crippen LogP contribution < -0.4 is 10.5 Å². The Hall–Kier alpha value is -1.55. The van der Waals surface area contributed by atoms with Gasteiger partial charge in [0.05, 0.1) is 6.61 Å². The van der Waals surface area contributed by atoms with E-state index >= 15 is 0 Å². The van der Waals surface area contributed by atoms with Crippen molar-refractivity contribution < 1.29 is 9.47 Å². The lowest BCUT2D eigenvalue weighted by atomic mass is 10.1. The topological polar surface area (TPSA) is 44.5 Å². The van der Waals surface area contributed by atoms with Crippen molar-refractivity contribution in [2.45, 2.75) is 13.0 Å². The van der Waals surface area contributed by atoms with Crippen LogP contribution in [0.3, 0.4) is 0 Å². The van der Waals surface area contributed by atoms with Crippen molar-refractivity contribution in [3.63, 3.8) is 0 Å². The smallest absolute Gasteiger partial charge is 0.128 e. The molecule has 0 saturated carbocycles. The van der Waals surface area contributed by atoms with Crippen LogP contribution in [0.1, 0.15) is 11.1 Å². The quantitative estimate of drug-likeness (QED) is 0.881. The Morgan fingerprint density at radius 3 is 2.35 bits per heavy atom. The number of rotatable bonds is 6. The molecule has 0 radical (unpaired) electrons. The molecule has 2 aromatic carbocycles. The zero-order valence-electron chi connectivity index (χ0n) is 11.4. The third kappa shape index (κ3) is 3.97. The SMILES string of the molecule is COCCc1ccc(Oc2ccc(CN)c(Cl)c2)cc1. The van der Waals surface area contributed by atoms with Crippen molar-refractivity contribution in [3.05, 3.63) is 58.6 Å². The Labute approximate surface area is 124 Å². The largest absolute Gasteiger partial charge is 0.457 e. The number of benzene rings is 2. The first-order chi connectivity index (χ1) is 9.72. The molecule has 3 nitrogen and oxygen atoms in total. The highest BCUT2D eigenvalue weighted by atomic mass is 35.5. The van der Waals surface area contributed by atoms with Gasteiger partial charge >= 0.3 is 0 Å². The lowest BCUT2D eigenvalue weighted by Crippen LogP contribution is -1.97. The molecule has 0 unspecified atom stereocenters. The van der Waals surface area contributed by atoms with Gasteiger partial charge in [0.15, 0.2) is 0 Å². The van der Waals surface area contributed by atoms with Crippen LogP contribution in [0, 0.1) is 0 Å². The summed E-state index contributed by atoms with van der Waals surface area (Å²) in [6.45, 7) is 1.14. The van der Waals surface area contributed by atoms with E-state index in [4.69, 9.17) is 26.8 Å². The summed E-state index contributed by atoms with van der Waals surface area (Å²) in [4.78, 5) is 0. The Morgan fingerprint density at radius 1 is 1.05 bits per heavy atom. The van der Waals surface area contributed by atoms with Crippen molar-refractivity contribution in [2.24, 2.45) is 5.73 Å². The molecule has 2 rings (SSSR count). The van der Waals surface area contributed by atoms with E-state index in [1.54, 1.807) is 13.2 Å². The summed E-state index contributed by atoms with van der Waals surface area (Å²) in [6, 6.07) is 13.5. The highest BCUT2D eigenvalue weighted by Gasteiger charge is 2.03. The van der Waals surface area contributed by atoms with Gasteiger partial charge in [-0.1, -0.05) is 29.8 Å². The molecule has 0 saturated heterocycles. The molecule has 0 atom stereocenters. The van der Waals surface area contributed by atoms with E-state index in [0.29, 0.717) is 17.3 Å². The van der Waals surface area contributed by atoms with Crippen molar-refractivity contribution in [3.8, 4) is 11.5 Å². The summed E-state index contributed by atoms with van der Waals surface area (Å²) in [5.41, 5.74) is 7.70. The van der Waals surface area contributed by atoms with E-state index in [1.807, 2.05) is 36.4 Å². The molecular weight excluding hydrogens is 274 g/mol. The van der Waals surface area contributed by atoms with Crippen LogP contribution in [0.25, 0.3) is 0 Å². The van der Waals surface area contributed by atoms with Gasteiger partial charge < -0.3 is 15.2 Å². The van der Waals surface area contributed by atoms with E-state index in [0.717, 1.165) is 24.3 Å². The Bertz CT molecular complexity index is 555. The van der Waals surface area contributed by atoms with Crippen LogP contribution in [-0.4, -0.2) is 13.7 Å². The predicted octanol–water partition coefficient (Wildman–Crippen LogP) is 3.78. The first kappa shape index (κ1) is 14.9. The van der Waals surface area contributed by atoms with E-state index < -0.39 is 0 Å². The average Bonchev–Trinajstić information content (AvgIpc) is 2.47. The van der Waals surface area contributed by atoms with Crippen LogP contribution in [0.4, 0.5) is 0 Å². The van der Waals surface area contributed by atoms with Crippen molar-refractivity contribution >= 4 is 11.6 Å². The molecule has 0 amide bonds. The summed E-state index contributed by atoms with van der Waals surface area (Å²) in [7, 11) is 1.70. The predicted molar refractivity (Wildman–Crippen MR) is 81.4 cm³/mol. The maximum atomic E-state index is 6.10. The maximum Gasteiger partial charge on any atom is 0.128 e. The number of halogens is 1. The molecule has 4 heteroatoms. The van der Waals surface area contributed by atoms with Crippen LogP contribution in [0.2, 0.25) is 5.02 Å². The summed E-state index contributed by atoms with van der Waals surface area (Å²) in [5, 5.41) is 0.627. The molecule has 0 aliphatic carbocycles. The summed E-state index contributed by atoms with van der Waals surface area (Å²) < 4.78 is 10.8. The number of hydrogen-bond donors (Lipinski definition) is 1. The molecule has 20 heavy (non-hydrogen) atoms. The lowest BCUT2D eigenvalue weighted by molar-refractivity contribution is 0.202. The van der Waals surface area contributed by atoms with Gasteiger partial charge in [0.2, 0.25) is 0 Å². The second-order valence-corrected chi connectivity index (χ2v) is 4.85. The summed E-state index contributed by atoms with van der Waals surface area (Å²) in [5.74, 6) is 1.49. The fraction of sp³-hybridized carbons (Fsp3) is 0.250. The molecule has 0 heterocycles. The van der Waals surface area contributed by atoms with E-state index in [2.05, 4.69) is 0 Å². The Kier molecular flexibility index (Phi) is 5.41. The summed E-state index contributed by atoms with van der Waals surface area (Å²) in [6.07, 6.45) is 0.897. The Balaban J connectivity index is 2.04. The first-order valence-corrected chi connectivity index (χ1v) is 6.85. The molecule has 0 aliphatic rings. The third-order valence-electron chi connectivity index (χ3n) is 3.00. The van der Waals surface area contributed by atoms with E-state index in [9.17, 15) is 0 Å². The number of hydrogen-bond acceptors (Lipinski definition) is 3. The molecule has 0 fully saturated rings. The third-order valence-corrected chi connectivity index (χ3v) is 3.35. The van der Waals surface area contributed by atoms with E-state index in [1.165, 1.54) is 5.56 Å². The van der Waals surface area contributed by atoms with Gasteiger partial charge in [0.1, 0.15) is 11.5 Å². The monoisotopic (exact) mass is 291 g/mol. The molecule has 0 spiro atoms. The maximum absolute atomic E-state index is 6.10. The fourth-order valence-corrected chi connectivity index (χ4v) is 2.08. The van der Waals surface area contributed by atoms with Gasteiger partial charge in [-0.2, -0.15) is 0 Å². The average molecular weight is 292 g/mol.